The Kier molecular flexibility index (Phi) is 3.64. The van der Waals surface area contributed by atoms with E-state index in [0.29, 0.717) is 11.4 Å². The first-order chi connectivity index (χ1) is 10.2. The Morgan fingerprint density at radius 3 is 2.71 bits per heavy atom. The molecule has 1 unspecified atom stereocenters. The van der Waals surface area contributed by atoms with E-state index in [1.54, 1.807) is 12.1 Å². The summed E-state index contributed by atoms with van der Waals surface area (Å²) in [5, 5.41) is 1.11. The molecule has 0 aliphatic carbocycles. The Morgan fingerprint density at radius 2 is 2.00 bits per heavy atom. The molecule has 108 valence electrons. The quantitative estimate of drug-likeness (QED) is 0.647. The molecule has 1 heterocycles. The Labute approximate surface area is 124 Å². The highest BCUT2D eigenvalue weighted by Crippen LogP contribution is 2.31. The largest absolute Gasteiger partial charge is 0.495 e. The topological polar surface area (TPSA) is 74.3 Å². The number of anilines is 1. The van der Waals surface area contributed by atoms with Crippen LogP contribution in [0.3, 0.4) is 0 Å². The number of benzene rings is 2. The molecular formula is C15H14N2O3S. The minimum atomic E-state index is -2.15. The highest BCUT2D eigenvalue weighted by molar-refractivity contribution is 7.80. The van der Waals surface area contributed by atoms with E-state index in [0.717, 1.165) is 22.2 Å². The van der Waals surface area contributed by atoms with Crippen LogP contribution in [0.5, 0.6) is 5.75 Å². The van der Waals surface area contributed by atoms with Crippen LogP contribution in [0.1, 0.15) is 0 Å². The molecule has 0 bridgehead atoms. The molecule has 0 radical (unpaired) electrons. The van der Waals surface area contributed by atoms with Gasteiger partial charge in [-0.2, -0.15) is 0 Å². The van der Waals surface area contributed by atoms with Gasteiger partial charge < -0.3 is 9.72 Å². The van der Waals surface area contributed by atoms with Gasteiger partial charge in [0.1, 0.15) is 5.75 Å². The second-order valence-electron chi connectivity index (χ2n) is 4.54. The molecule has 0 saturated carbocycles. The highest BCUT2D eigenvalue weighted by Gasteiger charge is 2.09. The number of para-hydroxylation sites is 1. The van der Waals surface area contributed by atoms with E-state index in [4.69, 9.17) is 9.29 Å². The summed E-state index contributed by atoms with van der Waals surface area (Å²) in [6, 6.07) is 15.5. The first kappa shape index (κ1) is 13.7. The minimum absolute atomic E-state index is 0.467. The molecule has 5 nitrogen and oxygen atoms in total. The number of aromatic nitrogens is 1. The normalized spacial score (nSPS) is 12.3. The summed E-state index contributed by atoms with van der Waals surface area (Å²) in [4.78, 5) is 3.32. The monoisotopic (exact) mass is 302 g/mol. The number of rotatable bonds is 4. The van der Waals surface area contributed by atoms with Crippen LogP contribution in [0.4, 0.5) is 5.69 Å². The van der Waals surface area contributed by atoms with E-state index >= 15 is 0 Å². The molecule has 1 aromatic heterocycles. The average molecular weight is 302 g/mol. The second-order valence-corrected chi connectivity index (χ2v) is 5.24. The van der Waals surface area contributed by atoms with E-state index in [9.17, 15) is 4.21 Å². The van der Waals surface area contributed by atoms with Crippen LogP contribution in [0, 0.1) is 0 Å². The molecule has 0 fully saturated rings. The summed E-state index contributed by atoms with van der Waals surface area (Å²) < 4.78 is 27.6. The molecule has 6 heteroatoms. The van der Waals surface area contributed by atoms with Crippen molar-refractivity contribution in [1.29, 1.82) is 0 Å². The Morgan fingerprint density at radius 1 is 1.19 bits per heavy atom. The van der Waals surface area contributed by atoms with Gasteiger partial charge in [-0.25, -0.2) is 4.21 Å². The lowest BCUT2D eigenvalue weighted by atomic mass is 10.1. The zero-order valence-electron chi connectivity index (χ0n) is 11.3. The fourth-order valence-corrected chi connectivity index (χ4v) is 2.63. The fraction of sp³-hybridized carbons (Fsp3) is 0.0667. The standard InChI is InChI=1S/C15H14N2O3S/c1-20-15-7-6-11(9-14(15)17-21(18)19)13-8-10-4-2-3-5-12(10)16-13/h2-9,16-17H,1H3,(H,18,19). The van der Waals surface area contributed by atoms with Gasteiger partial charge >= 0.3 is 0 Å². The Hall–Kier alpha value is -2.31. The van der Waals surface area contributed by atoms with Crippen LogP contribution in [0.2, 0.25) is 0 Å². The van der Waals surface area contributed by atoms with Crippen LogP contribution in [-0.2, 0) is 11.3 Å². The minimum Gasteiger partial charge on any atom is -0.495 e. The molecule has 2 aromatic carbocycles. The van der Waals surface area contributed by atoms with Gasteiger partial charge in [0.25, 0.3) is 11.3 Å². The van der Waals surface area contributed by atoms with Crippen LogP contribution in [0.25, 0.3) is 22.2 Å². The lowest BCUT2D eigenvalue weighted by Crippen LogP contribution is -2.03. The Bertz CT molecular complexity index is 781. The number of fused-ring (bicyclic) bond motifs is 1. The van der Waals surface area contributed by atoms with Crippen molar-refractivity contribution in [3.8, 4) is 17.0 Å². The first-order valence-corrected chi connectivity index (χ1v) is 7.42. The van der Waals surface area contributed by atoms with Crippen LogP contribution in [0.15, 0.2) is 48.5 Å². The maximum Gasteiger partial charge on any atom is 0.259 e. The zero-order chi connectivity index (χ0) is 14.8. The van der Waals surface area contributed by atoms with Crippen molar-refractivity contribution >= 4 is 27.9 Å². The van der Waals surface area contributed by atoms with E-state index in [-0.39, 0.29) is 0 Å². The third kappa shape index (κ3) is 2.76. The van der Waals surface area contributed by atoms with Crippen molar-refractivity contribution in [2.24, 2.45) is 0 Å². The lowest BCUT2D eigenvalue weighted by molar-refractivity contribution is 0.417. The number of aromatic amines is 1. The zero-order valence-corrected chi connectivity index (χ0v) is 12.1. The maximum atomic E-state index is 11.0. The summed E-state index contributed by atoms with van der Waals surface area (Å²) in [7, 11) is 1.52. The van der Waals surface area contributed by atoms with E-state index in [1.807, 2.05) is 36.4 Å². The predicted octanol–water partition coefficient (Wildman–Crippen LogP) is 3.39. The SMILES string of the molecule is COc1ccc(-c2cc3ccccc3[nH]2)cc1NS(=O)O. The number of nitrogens with one attached hydrogen (secondary N) is 2. The number of ether oxygens (including phenoxy) is 1. The van der Waals surface area contributed by atoms with Crippen LogP contribution >= 0.6 is 0 Å². The predicted molar refractivity (Wildman–Crippen MR) is 84.7 cm³/mol. The summed E-state index contributed by atoms with van der Waals surface area (Å²) in [5.41, 5.74) is 3.35. The Balaban J connectivity index is 2.07. The second kappa shape index (κ2) is 5.59. The molecule has 0 spiro atoms. The van der Waals surface area contributed by atoms with Gasteiger partial charge in [-0.1, -0.05) is 18.2 Å². The third-order valence-corrected chi connectivity index (χ3v) is 3.63. The summed E-state index contributed by atoms with van der Waals surface area (Å²) in [5.74, 6) is 0.511. The van der Waals surface area contributed by atoms with Crippen LogP contribution in [-0.4, -0.2) is 20.9 Å². The number of methoxy groups -OCH3 is 1. The lowest BCUT2D eigenvalue weighted by Gasteiger charge is -2.09. The van der Waals surface area contributed by atoms with Gasteiger partial charge in [0, 0.05) is 22.2 Å². The first-order valence-electron chi connectivity index (χ1n) is 6.31. The van der Waals surface area contributed by atoms with Crippen LogP contribution < -0.4 is 9.46 Å². The molecule has 0 amide bonds. The van der Waals surface area contributed by atoms with Gasteiger partial charge in [0.15, 0.2) is 0 Å². The van der Waals surface area contributed by atoms with Gasteiger partial charge in [-0.3, -0.25) is 9.27 Å². The van der Waals surface area contributed by atoms with Gasteiger partial charge in [0.05, 0.1) is 12.8 Å². The van der Waals surface area contributed by atoms with E-state index in [2.05, 4.69) is 9.71 Å². The molecular weight excluding hydrogens is 288 g/mol. The maximum absolute atomic E-state index is 11.0. The van der Waals surface area contributed by atoms with Crippen molar-refractivity contribution in [2.45, 2.75) is 0 Å². The van der Waals surface area contributed by atoms with Gasteiger partial charge in [0.2, 0.25) is 0 Å². The van der Waals surface area contributed by atoms with Crippen molar-refractivity contribution < 1.29 is 13.5 Å². The molecule has 0 aliphatic rings. The van der Waals surface area contributed by atoms with Crippen molar-refractivity contribution in [3.63, 3.8) is 0 Å². The summed E-state index contributed by atoms with van der Waals surface area (Å²) in [6.07, 6.45) is 0. The fourth-order valence-electron chi connectivity index (χ4n) is 2.28. The molecule has 0 saturated heterocycles. The van der Waals surface area contributed by atoms with E-state index in [1.165, 1.54) is 7.11 Å². The van der Waals surface area contributed by atoms with Crippen molar-refractivity contribution in [2.75, 3.05) is 11.8 Å². The molecule has 3 N–H and O–H groups in total. The molecule has 21 heavy (non-hydrogen) atoms. The average Bonchev–Trinajstić information content (AvgIpc) is 2.90. The third-order valence-electron chi connectivity index (χ3n) is 3.24. The smallest absolute Gasteiger partial charge is 0.259 e. The molecule has 1 atom stereocenters. The highest BCUT2D eigenvalue weighted by atomic mass is 32.2. The molecule has 0 aliphatic heterocycles. The molecule has 3 aromatic rings. The van der Waals surface area contributed by atoms with Crippen molar-refractivity contribution in [3.05, 3.63) is 48.5 Å². The summed E-state index contributed by atoms with van der Waals surface area (Å²) in [6.45, 7) is 0. The molecule has 3 rings (SSSR count). The number of hydrogen-bond donors (Lipinski definition) is 3. The van der Waals surface area contributed by atoms with E-state index < -0.39 is 11.3 Å². The van der Waals surface area contributed by atoms with Crippen molar-refractivity contribution in [1.82, 2.24) is 4.98 Å². The van der Waals surface area contributed by atoms with Gasteiger partial charge in [-0.15, -0.1) is 0 Å². The van der Waals surface area contributed by atoms with Gasteiger partial charge in [-0.05, 0) is 30.3 Å². The number of hydrogen-bond acceptors (Lipinski definition) is 2. The number of H-pyrrole nitrogens is 1. The summed E-state index contributed by atoms with van der Waals surface area (Å²) >= 11 is -2.15.